The van der Waals surface area contributed by atoms with Crippen LogP contribution in [0.1, 0.15) is 0 Å². The number of alkyl halides is 3. The van der Waals surface area contributed by atoms with Crippen molar-refractivity contribution < 1.29 is 18.0 Å². The molecule has 0 aliphatic rings. The van der Waals surface area contributed by atoms with Gasteiger partial charge in [0.25, 0.3) is 0 Å². The second-order valence-electron chi connectivity index (χ2n) is 1.03. The molecule has 0 saturated heterocycles. The number of carbonyl (C=O) groups is 1. The molecule has 0 spiro atoms. The molecule has 0 saturated carbocycles. The third kappa shape index (κ3) is 1.81. The molecule has 0 N–H and O–H groups in total. The Morgan fingerprint density at radius 2 is 1.88 bits per heavy atom. The van der Waals surface area contributed by atoms with E-state index in [1.807, 2.05) is 0 Å². The molecule has 0 unspecified atom stereocenters. The highest BCUT2D eigenvalue weighted by Crippen LogP contribution is 2.13. The molecule has 0 heterocycles. The van der Waals surface area contributed by atoms with Crippen molar-refractivity contribution in [2.75, 3.05) is 7.05 Å². The molecule has 5 heteroatoms. The largest absolute Gasteiger partial charge is 0.473 e. The molecule has 1 amide bonds. The van der Waals surface area contributed by atoms with Crippen LogP contribution >= 0.6 is 0 Å². The molecule has 0 atom stereocenters. The SMILES string of the molecule is C[N]C(=O)C(F)(F)F. The Morgan fingerprint density at radius 1 is 1.50 bits per heavy atom. The molecular formula is C3H3F3NO. The fraction of sp³-hybridized carbons (Fsp3) is 0.667. The number of rotatable bonds is 0. The maximum absolute atomic E-state index is 11.0. The molecule has 8 heavy (non-hydrogen) atoms. The minimum absolute atomic E-state index is 0.801. The van der Waals surface area contributed by atoms with Gasteiger partial charge in [-0.2, -0.15) is 13.2 Å². The summed E-state index contributed by atoms with van der Waals surface area (Å²) in [4.78, 5) is 9.54. The third-order valence-corrected chi connectivity index (χ3v) is 0.446. The van der Waals surface area contributed by atoms with E-state index in [2.05, 4.69) is 5.32 Å². The molecule has 0 aliphatic carbocycles. The Hall–Kier alpha value is -0.740. The topological polar surface area (TPSA) is 31.2 Å². The molecule has 0 aromatic heterocycles. The summed E-state index contributed by atoms with van der Waals surface area (Å²) in [6.45, 7) is 0. The van der Waals surface area contributed by atoms with Gasteiger partial charge < -0.3 is 0 Å². The highest BCUT2D eigenvalue weighted by Gasteiger charge is 2.38. The highest BCUT2D eigenvalue weighted by atomic mass is 19.4. The molecule has 0 aromatic rings. The van der Waals surface area contributed by atoms with Crippen molar-refractivity contribution in [2.45, 2.75) is 6.18 Å². The van der Waals surface area contributed by atoms with Crippen molar-refractivity contribution in [1.82, 2.24) is 5.32 Å². The van der Waals surface area contributed by atoms with Crippen LogP contribution in [0.3, 0.4) is 0 Å². The first-order valence-corrected chi connectivity index (χ1v) is 1.69. The molecule has 0 bridgehead atoms. The fourth-order valence-corrected chi connectivity index (χ4v) is 0.127. The Bertz CT molecular complexity index is 97.2. The van der Waals surface area contributed by atoms with Crippen LogP contribution in [0.25, 0.3) is 0 Å². The molecule has 1 radical (unpaired) electrons. The summed E-state index contributed by atoms with van der Waals surface area (Å²) < 4.78 is 33.0. The Balaban J connectivity index is 3.82. The predicted molar refractivity (Wildman–Crippen MR) is 19.1 cm³/mol. The standard InChI is InChI=1S/C3H3F3NO/c1-7-2(8)3(4,5)6/h1H3. The van der Waals surface area contributed by atoms with Crippen molar-refractivity contribution in [3.8, 4) is 0 Å². The van der Waals surface area contributed by atoms with Crippen LogP contribution in [-0.2, 0) is 4.79 Å². The zero-order valence-corrected chi connectivity index (χ0v) is 3.99. The van der Waals surface area contributed by atoms with E-state index >= 15 is 0 Å². The first-order valence-electron chi connectivity index (χ1n) is 1.69. The van der Waals surface area contributed by atoms with E-state index in [-0.39, 0.29) is 0 Å². The monoisotopic (exact) mass is 126 g/mol. The zero-order chi connectivity index (χ0) is 6.78. The van der Waals surface area contributed by atoms with Gasteiger partial charge in [0.05, 0.1) is 0 Å². The van der Waals surface area contributed by atoms with Crippen molar-refractivity contribution in [1.29, 1.82) is 0 Å². The number of halogens is 3. The fourth-order valence-electron chi connectivity index (χ4n) is 0.127. The molecular weight excluding hydrogens is 123 g/mol. The highest BCUT2D eigenvalue weighted by molar-refractivity contribution is 5.80. The summed E-state index contributed by atoms with van der Waals surface area (Å²) in [5.74, 6) is -2.04. The van der Waals surface area contributed by atoms with Gasteiger partial charge in [-0.05, 0) is 0 Å². The Morgan fingerprint density at radius 3 is 1.88 bits per heavy atom. The predicted octanol–water partition coefficient (Wildman–Crippen LogP) is 0.309. The average molecular weight is 126 g/mol. The van der Waals surface area contributed by atoms with Crippen LogP contribution in [0.2, 0.25) is 0 Å². The zero-order valence-electron chi connectivity index (χ0n) is 3.99. The van der Waals surface area contributed by atoms with Gasteiger partial charge in [0, 0.05) is 7.05 Å². The minimum Gasteiger partial charge on any atom is -0.262 e. The summed E-state index contributed by atoms with van der Waals surface area (Å²) >= 11 is 0. The van der Waals surface area contributed by atoms with E-state index in [0.717, 1.165) is 7.05 Å². The van der Waals surface area contributed by atoms with Gasteiger partial charge in [-0.3, -0.25) is 4.79 Å². The van der Waals surface area contributed by atoms with Gasteiger partial charge in [0.1, 0.15) is 0 Å². The maximum atomic E-state index is 11.0. The van der Waals surface area contributed by atoms with Gasteiger partial charge in [-0.15, -0.1) is 0 Å². The van der Waals surface area contributed by atoms with Crippen molar-refractivity contribution >= 4 is 5.91 Å². The summed E-state index contributed by atoms with van der Waals surface area (Å²) in [7, 11) is 0.801. The van der Waals surface area contributed by atoms with E-state index in [4.69, 9.17) is 0 Å². The molecule has 0 rings (SSSR count). The van der Waals surface area contributed by atoms with Crippen LogP contribution < -0.4 is 5.32 Å². The second kappa shape index (κ2) is 2.02. The first kappa shape index (κ1) is 7.26. The lowest BCUT2D eigenvalue weighted by atomic mass is 10.6. The van der Waals surface area contributed by atoms with E-state index in [0.29, 0.717) is 0 Å². The lowest BCUT2D eigenvalue weighted by Crippen LogP contribution is -2.29. The number of amides is 1. The summed E-state index contributed by atoms with van der Waals surface area (Å²) in [5, 5.41) is 2.40. The van der Waals surface area contributed by atoms with Gasteiger partial charge in [-0.25, -0.2) is 5.32 Å². The molecule has 47 valence electrons. The normalized spacial score (nSPS) is 11.0. The van der Waals surface area contributed by atoms with Crippen LogP contribution in [0.15, 0.2) is 0 Å². The van der Waals surface area contributed by atoms with E-state index < -0.39 is 12.1 Å². The third-order valence-electron chi connectivity index (χ3n) is 0.446. The lowest BCUT2D eigenvalue weighted by molar-refractivity contribution is -0.173. The summed E-state index contributed by atoms with van der Waals surface area (Å²) in [5.41, 5.74) is 0. The minimum atomic E-state index is -4.80. The number of hydrogen-bond acceptors (Lipinski definition) is 1. The average Bonchev–Trinajstić information content (AvgIpc) is 1.62. The number of carbonyl (C=O) groups excluding carboxylic acids is 1. The smallest absolute Gasteiger partial charge is 0.262 e. The van der Waals surface area contributed by atoms with Crippen molar-refractivity contribution in [3.63, 3.8) is 0 Å². The van der Waals surface area contributed by atoms with Crippen LogP contribution in [0, 0.1) is 0 Å². The van der Waals surface area contributed by atoms with Crippen molar-refractivity contribution in [3.05, 3.63) is 0 Å². The quantitative estimate of drug-likeness (QED) is 0.459. The molecule has 2 nitrogen and oxygen atoms in total. The van der Waals surface area contributed by atoms with Crippen LogP contribution in [-0.4, -0.2) is 19.1 Å². The van der Waals surface area contributed by atoms with Crippen LogP contribution in [0.4, 0.5) is 13.2 Å². The molecule has 0 aliphatic heterocycles. The van der Waals surface area contributed by atoms with E-state index in [1.54, 1.807) is 0 Å². The molecule has 0 aromatic carbocycles. The lowest BCUT2D eigenvalue weighted by Gasteiger charge is -1.98. The van der Waals surface area contributed by atoms with Gasteiger partial charge >= 0.3 is 12.1 Å². The summed E-state index contributed by atoms with van der Waals surface area (Å²) in [6.07, 6.45) is -4.80. The van der Waals surface area contributed by atoms with E-state index in [9.17, 15) is 18.0 Å². The van der Waals surface area contributed by atoms with Crippen LogP contribution in [0.5, 0.6) is 0 Å². The number of nitrogens with zero attached hydrogens (tertiary/aromatic N) is 1. The van der Waals surface area contributed by atoms with Gasteiger partial charge in [0.15, 0.2) is 0 Å². The van der Waals surface area contributed by atoms with E-state index in [1.165, 1.54) is 0 Å². The summed E-state index contributed by atoms with van der Waals surface area (Å²) in [6, 6.07) is 0. The number of hydrogen-bond donors (Lipinski definition) is 0. The van der Waals surface area contributed by atoms with Crippen molar-refractivity contribution in [2.24, 2.45) is 0 Å². The van der Waals surface area contributed by atoms with Gasteiger partial charge in [-0.1, -0.05) is 0 Å². The second-order valence-corrected chi connectivity index (χ2v) is 1.03. The Kier molecular flexibility index (Phi) is 1.83. The van der Waals surface area contributed by atoms with Gasteiger partial charge in [0.2, 0.25) is 0 Å². The Labute approximate surface area is 43.7 Å². The molecule has 0 fully saturated rings. The first-order chi connectivity index (χ1) is 3.48. The maximum Gasteiger partial charge on any atom is 0.473 e.